The lowest BCUT2D eigenvalue weighted by molar-refractivity contribution is -0.163. The van der Waals surface area contributed by atoms with Crippen molar-refractivity contribution in [2.24, 2.45) is 0 Å². The lowest BCUT2D eigenvalue weighted by Crippen LogP contribution is -2.58. The normalized spacial score (nSPS) is 17.2. The second kappa shape index (κ2) is 4.85. The minimum absolute atomic E-state index is 0.130. The number of carbonyl (C=O) groups excluding carboxylic acids is 1. The highest BCUT2D eigenvalue weighted by atomic mass is 32.2. The minimum Gasteiger partial charge on any atom is -0.399 e. The number of alkyl halides is 2. The van der Waals surface area contributed by atoms with E-state index in [0.717, 1.165) is 19.5 Å². The molecule has 3 rings (SSSR count). The second-order valence-electron chi connectivity index (χ2n) is 4.60. The van der Waals surface area contributed by atoms with Crippen LogP contribution in [0.1, 0.15) is 0 Å². The van der Waals surface area contributed by atoms with E-state index >= 15 is 0 Å². The van der Waals surface area contributed by atoms with Gasteiger partial charge in [-0.3, -0.25) is 4.79 Å². The van der Waals surface area contributed by atoms with Gasteiger partial charge in [-0.15, -0.1) is 11.3 Å². The van der Waals surface area contributed by atoms with Crippen LogP contribution in [0.5, 0.6) is 0 Å². The SMILES string of the molecule is Nc1ccc2nc(SCC(=O)N3CC(F)(F)C3)sc2c1. The van der Waals surface area contributed by atoms with Crippen molar-refractivity contribution in [3.8, 4) is 0 Å². The van der Waals surface area contributed by atoms with Gasteiger partial charge < -0.3 is 10.6 Å². The van der Waals surface area contributed by atoms with Crippen molar-refractivity contribution in [3.05, 3.63) is 18.2 Å². The third-order valence-electron chi connectivity index (χ3n) is 2.91. The van der Waals surface area contributed by atoms with E-state index in [1.807, 2.05) is 12.1 Å². The Morgan fingerprint density at radius 3 is 2.95 bits per heavy atom. The van der Waals surface area contributed by atoms with E-state index in [-0.39, 0.29) is 11.7 Å². The first kappa shape index (κ1) is 13.6. The number of amides is 1. The van der Waals surface area contributed by atoms with Crippen molar-refractivity contribution < 1.29 is 13.6 Å². The zero-order chi connectivity index (χ0) is 14.3. The van der Waals surface area contributed by atoms with Gasteiger partial charge in [0, 0.05) is 5.69 Å². The van der Waals surface area contributed by atoms with Crippen LogP contribution in [0, 0.1) is 0 Å². The Morgan fingerprint density at radius 1 is 1.50 bits per heavy atom. The summed E-state index contributed by atoms with van der Waals surface area (Å²) in [4.78, 5) is 17.2. The van der Waals surface area contributed by atoms with Crippen LogP contribution < -0.4 is 5.73 Å². The fourth-order valence-corrected chi connectivity index (χ4v) is 3.90. The first-order valence-corrected chi connectivity index (χ1v) is 7.68. The van der Waals surface area contributed by atoms with Gasteiger partial charge in [-0.25, -0.2) is 13.8 Å². The number of benzene rings is 1. The molecular weight excluding hydrogens is 304 g/mol. The Hall–Kier alpha value is -1.41. The molecule has 1 aromatic carbocycles. The van der Waals surface area contributed by atoms with Gasteiger partial charge in [0.25, 0.3) is 5.92 Å². The molecule has 1 saturated heterocycles. The lowest BCUT2D eigenvalue weighted by Gasteiger charge is -2.38. The standard InChI is InChI=1S/C12H11F2N3OS2/c13-12(14)5-17(6-12)10(18)4-19-11-16-8-2-1-7(15)3-9(8)20-11/h1-3H,4-6,15H2. The maximum Gasteiger partial charge on any atom is 0.282 e. The van der Waals surface area contributed by atoms with E-state index in [1.54, 1.807) is 6.07 Å². The summed E-state index contributed by atoms with van der Waals surface area (Å²) in [5.74, 6) is -2.86. The maximum atomic E-state index is 12.7. The summed E-state index contributed by atoms with van der Waals surface area (Å²) in [6, 6.07) is 5.42. The topological polar surface area (TPSA) is 59.2 Å². The summed E-state index contributed by atoms with van der Waals surface area (Å²) in [7, 11) is 0. The molecule has 0 radical (unpaired) electrons. The van der Waals surface area contributed by atoms with E-state index in [2.05, 4.69) is 4.98 Å². The quantitative estimate of drug-likeness (QED) is 0.698. The highest BCUT2D eigenvalue weighted by Gasteiger charge is 2.45. The van der Waals surface area contributed by atoms with E-state index in [4.69, 9.17) is 5.73 Å². The molecule has 2 N–H and O–H groups in total. The molecule has 2 heterocycles. The second-order valence-corrected chi connectivity index (χ2v) is 6.85. The number of fused-ring (bicyclic) bond motifs is 1. The summed E-state index contributed by atoms with van der Waals surface area (Å²) >= 11 is 2.71. The van der Waals surface area contributed by atoms with Crippen molar-refractivity contribution in [1.29, 1.82) is 0 Å². The smallest absolute Gasteiger partial charge is 0.282 e. The van der Waals surface area contributed by atoms with Crippen LogP contribution in [0.25, 0.3) is 10.2 Å². The number of halogens is 2. The Kier molecular flexibility index (Phi) is 3.29. The number of anilines is 1. The Bertz CT molecular complexity index is 666. The number of hydrogen-bond donors (Lipinski definition) is 1. The number of aromatic nitrogens is 1. The fourth-order valence-electron chi connectivity index (χ4n) is 1.89. The number of likely N-dealkylation sites (tertiary alicyclic amines) is 1. The summed E-state index contributed by atoms with van der Waals surface area (Å²) in [5.41, 5.74) is 7.18. The van der Waals surface area contributed by atoms with Crippen LogP contribution >= 0.6 is 23.1 Å². The zero-order valence-electron chi connectivity index (χ0n) is 10.3. The van der Waals surface area contributed by atoms with Gasteiger partial charge in [0.2, 0.25) is 5.91 Å². The number of hydrogen-bond acceptors (Lipinski definition) is 5. The molecule has 1 fully saturated rings. The van der Waals surface area contributed by atoms with Crippen LogP contribution in [0.4, 0.5) is 14.5 Å². The van der Waals surface area contributed by atoms with Crippen molar-refractivity contribution >= 4 is 44.9 Å². The number of nitrogens with two attached hydrogens (primary N) is 1. The lowest BCUT2D eigenvalue weighted by atomic mass is 10.1. The van der Waals surface area contributed by atoms with Crippen LogP contribution in [0.3, 0.4) is 0 Å². The van der Waals surface area contributed by atoms with Gasteiger partial charge >= 0.3 is 0 Å². The molecule has 8 heteroatoms. The number of nitrogen functional groups attached to an aromatic ring is 1. The largest absolute Gasteiger partial charge is 0.399 e. The van der Waals surface area contributed by atoms with Crippen molar-refractivity contribution in [2.75, 3.05) is 24.6 Å². The van der Waals surface area contributed by atoms with E-state index in [1.165, 1.54) is 23.1 Å². The Labute approximate surface area is 122 Å². The van der Waals surface area contributed by atoms with Gasteiger partial charge in [0.05, 0.1) is 29.1 Å². The van der Waals surface area contributed by atoms with Gasteiger partial charge in [-0.05, 0) is 18.2 Å². The van der Waals surface area contributed by atoms with Gasteiger partial charge in [0.15, 0.2) is 4.34 Å². The third-order valence-corrected chi connectivity index (χ3v) is 5.05. The first-order chi connectivity index (χ1) is 9.43. The molecule has 1 aromatic heterocycles. The minimum atomic E-state index is -2.71. The average molecular weight is 315 g/mol. The molecule has 0 unspecified atom stereocenters. The molecule has 0 atom stereocenters. The summed E-state index contributed by atoms with van der Waals surface area (Å²) in [5, 5.41) is 0. The highest BCUT2D eigenvalue weighted by molar-refractivity contribution is 8.01. The summed E-state index contributed by atoms with van der Waals surface area (Å²) in [6.07, 6.45) is 0. The van der Waals surface area contributed by atoms with E-state index in [0.29, 0.717) is 5.69 Å². The van der Waals surface area contributed by atoms with Gasteiger partial charge in [-0.1, -0.05) is 11.8 Å². The zero-order valence-corrected chi connectivity index (χ0v) is 11.9. The van der Waals surface area contributed by atoms with Crippen LogP contribution in [0.15, 0.2) is 22.5 Å². The molecule has 0 spiro atoms. The van der Waals surface area contributed by atoms with Gasteiger partial charge in [-0.2, -0.15) is 0 Å². The molecule has 1 aliphatic heterocycles. The van der Waals surface area contributed by atoms with E-state index < -0.39 is 19.0 Å². The predicted molar refractivity (Wildman–Crippen MR) is 76.3 cm³/mol. The molecule has 0 saturated carbocycles. The number of nitrogens with zero attached hydrogens (tertiary/aromatic N) is 2. The summed E-state index contributed by atoms with van der Waals surface area (Å²) < 4.78 is 27.0. The van der Waals surface area contributed by atoms with Crippen molar-refractivity contribution in [3.63, 3.8) is 0 Å². The fraction of sp³-hybridized carbons (Fsp3) is 0.333. The first-order valence-electron chi connectivity index (χ1n) is 5.87. The Balaban J connectivity index is 1.61. The monoisotopic (exact) mass is 315 g/mol. The van der Waals surface area contributed by atoms with Crippen LogP contribution in [-0.4, -0.2) is 40.6 Å². The van der Waals surface area contributed by atoms with Crippen LogP contribution in [-0.2, 0) is 4.79 Å². The highest BCUT2D eigenvalue weighted by Crippen LogP contribution is 2.32. The Morgan fingerprint density at radius 2 is 2.25 bits per heavy atom. The van der Waals surface area contributed by atoms with Crippen molar-refractivity contribution in [2.45, 2.75) is 10.3 Å². The molecule has 0 aliphatic carbocycles. The van der Waals surface area contributed by atoms with Gasteiger partial charge in [0.1, 0.15) is 0 Å². The van der Waals surface area contributed by atoms with E-state index in [9.17, 15) is 13.6 Å². The average Bonchev–Trinajstić information content (AvgIpc) is 2.74. The molecule has 2 aromatic rings. The van der Waals surface area contributed by atoms with Crippen molar-refractivity contribution in [1.82, 2.24) is 9.88 Å². The molecule has 4 nitrogen and oxygen atoms in total. The molecular formula is C12H11F2N3OS2. The molecule has 1 amide bonds. The number of rotatable bonds is 3. The predicted octanol–water partition coefficient (Wildman–Crippen LogP) is 2.45. The van der Waals surface area contributed by atoms with Crippen LogP contribution in [0.2, 0.25) is 0 Å². The summed E-state index contributed by atoms with van der Waals surface area (Å²) in [6.45, 7) is -0.939. The number of thioether (sulfide) groups is 1. The molecule has 1 aliphatic rings. The molecule has 20 heavy (non-hydrogen) atoms. The maximum absolute atomic E-state index is 12.7. The molecule has 0 bridgehead atoms. The third kappa shape index (κ3) is 2.71. The molecule has 106 valence electrons. The number of thiazole rings is 1. The number of carbonyl (C=O) groups is 1.